The van der Waals surface area contributed by atoms with E-state index in [-0.39, 0.29) is 0 Å². The van der Waals surface area contributed by atoms with E-state index in [1.807, 2.05) is 12.4 Å². The molecule has 0 N–H and O–H groups in total. The highest BCUT2D eigenvalue weighted by Crippen LogP contribution is 2.42. The highest BCUT2D eigenvalue weighted by atomic mass is 35.5. The van der Waals surface area contributed by atoms with Crippen LogP contribution in [0, 0.1) is 5.41 Å². The molecule has 1 aliphatic rings. The lowest BCUT2D eigenvalue weighted by molar-refractivity contribution is 0.324. The highest BCUT2D eigenvalue weighted by Gasteiger charge is 2.35. The zero-order chi connectivity index (χ0) is 10.2. The molecule has 2 rings (SSSR count). The topological polar surface area (TPSA) is 17.8 Å². The van der Waals surface area contributed by atoms with Gasteiger partial charge in [0.15, 0.2) is 0 Å². The number of nitrogens with zero attached hydrogens (tertiary/aromatic N) is 2. The van der Waals surface area contributed by atoms with Crippen LogP contribution in [0.4, 0.5) is 0 Å². The van der Waals surface area contributed by atoms with Crippen molar-refractivity contribution in [3.05, 3.63) is 18.2 Å². The summed E-state index contributed by atoms with van der Waals surface area (Å²) >= 11 is 6.15. The van der Waals surface area contributed by atoms with Crippen molar-refractivity contribution in [2.75, 3.05) is 0 Å². The fraction of sp³-hybridized carbons (Fsp3) is 0.727. The molecule has 0 amide bonds. The number of imidazole rings is 1. The minimum atomic E-state index is 0.367. The van der Waals surface area contributed by atoms with Crippen molar-refractivity contribution in [3.63, 3.8) is 0 Å². The van der Waals surface area contributed by atoms with Crippen molar-refractivity contribution in [3.8, 4) is 0 Å². The molecule has 0 radical (unpaired) electrons. The van der Waals surface area contributed by atoms with E-state index in [1.165, 1.54) is 12.2 Å². The molecule has 0 saturated heterocycles. The Kier molecular flexibility index (Phi) is 2.56. The maximum absolute atomic E-state index is 6.15. The zero-order valence-corrected chi connectivity index (χ0v) is 9.59. The van der Waals surface area contributed by atoms with Gasteiger partial charge in [-0.1, -0.05) is 6.92 Å². The molecule has 14 heavy (non-hydrogen) atoms. The third-order valence-electron chi connectivity index (χ3n) is 3.28. The normalized spacial score (nSPS) is 32.4. The average Bonchev–Trinajstić information content (AvgIpc) is 2.62. The molecule has 1 heterocycles. The van der Waals surface area contributed by atoms with E-state index in [0.29, 0.717) is 10.8 Å². The van der Waals surface area contributed by atoms with Gasteiger partial charge in [0.1, 0.15) is 5.82 Å². The van der Waals surface area contributed by atoms with Crippen LogP contribution >= 0.6 is 11.6 Å². The Morgan fingerprint density at radius 3 is 3.00 bits per heavy atom. The van der Waals surface area contributed by atoms with Gasteiger partial charge in [-0.25, -0.2) is 4.98 Å². The van der Waals surface area contributed by atoms with Gasteiger partial charge in [-0.05, 0) is 24.7 Å². The van der Waals surface area contributed by atoms with E-state index in [4.69, 9.17) is 11.6 Å². The van der Waals surface area contributed by atoms with Crippen LogP contribution in [0.2, 0.25) is 0 Å². The molecule has 78 valence electrons. The summed E-state index contributed by atoms with van der Waals surface area (Å²) < 4.78 is 2.10. The predicted molar refractivity (Wildman–Crippen MR) is 58.5 cm³/mol. The molecule has 1 aromatic rings. The SMILES string of the molecule is Cn1ccnc1CC1(C)CCC(Cl)C1. The molecule has 2 atom stereocenters. The average molecular weight is 213 g/mol. The van der Waals surface area contributed by atoms with Gasteiger partial charge in [-0.3, -0.25) is 0 Å². The summed E-state index contributed by atoms with van der Waals surface area (Å²) in [6.07, 6.45) is 8.44. The molecular weight excluding hydrogens is 196 g/mol. The molecule has 0 bridgehead atoms. The molecule has 1 aromatic heterocycles. The largest absolute Gasteiger partial charge is 0.338 e. The number of alkyl halides is 1. The summed E-state index contributed by atoms with van der Waals surface area (Å²) in [5.74, 6) is 1.18. The van der Waals surface area contributed by atoms with Gasteiger partial charge >= 0.3 is 0 Å². The Morgan fingerprint density at radius 1 is 1.71 bits per heavy atom. The number of aryl methyl sites for hydroxylation is 1. The lowest BCUT2D eigenvalue weighted by Gasteiger charge is -2.22. The lowest BCUT2D eigenvalue weighted by Crippen LogP contribution is -2.18. The van der Waals surface area contributed by atoms with Crippen LogP contribution in [0.3, 0.4) is 0 Å². The van der Waals surface area contributed by atoms with E-state index in [2.05, 4.69) is 23.5 Å². The van der Waals surface area contributed by atoms with E-state index >= 15 is 0 Å². The maximum atomic E-state index is 6.15. The number of rotatable bonds is 2. The number of aromatic nitrogens is 2. The van der Waals surface area contributed by atoms with Crippen molar-refractivity contribution in [1.29, 1.82) is 0 Å². The second-order valence-corrected chi connectivity index (χ2v) is 5.40. The summed E-state index contributed by atoms with van der Waals surface area (Å²) in [6, 6.07) is 0. The van der Waals surface area contributed by atoms with Gasteiger partial charge in [0, 0.05) is 31.2 Å². The fourth-order valence-corrected chi connectivity index (χ4v) is 2.83. The Bertz CT molecular complexity index is 321. The van der Waals surface area contributed by atoms with Gasteiger partial charge in [-0.15, -0.1) is 11.6 Å². The summed E-state index contributed by atoms with van der Waals surface area (Å²) in [5.41, 5.74) is 0.367. The van der Waals surface area contributed by atoms with Gasteiger partial charge in [0.2, 0.25) is 0 Å². The van der Waals surface area contributed by atoms with Crippen molar-refractivity contribution in [2.24, 2.45) is 12.5 Å². The molecule has 3 heteroatoms. The van der Waals surface area contributed by atoms with Crippen LogP contribution in [0.5, 0.6) is 0 Å². The Morgan fingerprint density at radius 2 is 2.50 bits per heavy atom. The van der Waals surface area contributed by atoms with Crippen LogP contribution in [-0.2, 0) is 13.5 Å². The van der Waals surface area contributed by atoms with E-state index in [0.717, 1.165) is 19.3 Å². The first-order valence-corrected chi connectivity index (χ1v) is 5.63. The first kappa shape index (κ1) is 10.0. The van der Waals surface area contributed by atoms with E-state index < -0.39 is 0 Å². The van der Waals surface area contributed by atoms with Gasteiger partial charge in [-0.2, -0.15) is 0 Å². The third-order valence-corrected chi connectivity index (χ3v) is 3.65. The minimum absolute atomic E-state index is 0.367. The monoisotopic (exact) mass is 212 g/mol. The predicted octanol–water partition coefficient (Wildman–Crippen LogP) is 2.76. The molecule has 0 spiro atoms. The molecule has 1 saturated carbocycles. The van der Waals surface area contributed by atoms with Crippen LogP contribution in [0.15, 0.2) is 12.4 Å². The summed E-state index contributed by atoms with van der Waals surface area (Å²) in [5, 5.41) is 0.375. The minimum Gasteiger partial charge on any atom is -0.338 e. The summed E-state index contributed by atoms with van der Waals surface area (Å²) in [4.78, 5) is 4.37. The zero-order valence-electron chi connectivity index (χ0n) is 8.83. The van der Waals surface area contributed by atoms with Crippen molar-refractivity contribution < 1.29 is 0 Å². The Hall–Kier alpha value is -0.500. The quantitative estimate of drug-likeness (QED) is 0.690. The number of hydrogen-bond donors (Lipinski definition) is 0. The van der Waals surface area contributed by atoms with Crippen molar-refractivity contribution >= 4 is 11.6 Å². The molecule has 0 aromatic carbocycles. The lowest BCUT2D eigenvalue weighted by atomic mass is 9.85. The van der Waals surface area contributed by atoms with Crippen LogP contribution in [0.25, 0.3) is 0 Å². The van der Waals surface area contributed by atoms with Crippen LogP contribution < -0.4 is 0 Å². The standard InChI is InChI=1S/C11H17ClN2/c1-11(4-3-9(12)7-11)8-10-13-5-6-14(10)2/h5-6,9H,3-4,7-8H2,1-2H3. The summed E-state index contributed by atoms with van der Waals surface area (Å²) in [6.45, 7) is 2.32. The van der Waals surface area contributed by atoms with E-state index in [1.54, 1.807) is 0 Å². The second kappa shape index (κ2) is 3.58. The van der Waals surface area contributed by atoms with E-state index in [9.17, 15) is 0 Å². The molecule has 1 aliphatic carbocycles. The van der Waals surface area contributed by atoms with Gasteiger partial charge in [0.25, 0.3) is 0 Å². The fourth-order valence-electron chi connectivity index (χ4n) is 2.35. The molecule has 2 unspecified atom stereocenters. The Labute approximate surface area is 90.3 Å². The van der Waals surface area contributed by atoms with Gasteiger partial charge in [0.05, 0.1) is 0 Å². The van der Waals surface area contributed by atoms with Crippen LogP contribution in [0.1, 0.15) is 32.0 Å². The first-order chi connectivity index (χ1) is 6.59. The molecule has 1 fully saturated rings. The first-order valence-electron chi connectivity index (χ1n) is 5.19. The van der Waals surface area contributed by atoms with Crippen LogP contribution in [-0.4, -0.2) is 14.9 Å². The maximum Gasteiger partial charge on any atom is 0.108 e. The van der Waals surface area contributed by atoms with Crippen molar-refractivity contribution in [2.45, 2.75) is 38.0 Å². The molecular formula is C11H17ClN2. The van der Waals surface area contributed by atoms with Gasteiger partial charge < -0.3 is 4.57 Å². The Balaban J connectivity index is 2.07. The third kappa shape index (κ3) is 1.95. The second-order valence-electron chi connectivity index (χ2n) is 4.78. The highest BCUT2D eigenvalue weighted by molar-refractivity contribution is 6.20. The number of hydrogen-bond acceptors (Lipinski definition) is 1. The van der Waals surface area contributed by atoms with Crippen molar-refractivity contribution in [1.82, 2.24) is 9.55 Å². The smallest absolute Gasteiger partial charge is 0.108 e. The number of halogens is 1. The molecule has 0 aliphatic heterocycles. The summed E-state index contributed by atoms with van der Waals surface area (Å²) in [7, 11) is 2.05. The molecule has 2 nitrogen and oxygen atoms in total.